The van der Waals surface area contributed by atoms with Gasteiger partial charge < -0.3 is 0 Å². The molecule has 0 aliphatic carbocycles. The van der Waals surface area contributed by atoms with Crippen LogP contribution in [0.4, 0.5) is 0 Å². The van der Waals surface area contributed by atoms with E-state index in [0.717, 1.165) is 31.3 Å². The average Bonchev–Trinajstić information content (AvgIpc) is 2.62. The van der Waals surface area contributed by atoms with Crippen molar-refractivity contribution in [3.8, 4) is 0 Å². The van der Waals surface area contributed by atoms with Crippen LogP contribution in [-0.4, -0.2) is 36.9 Å². The summed E-state index contributed by atoms with van der Waals surface area (Å²) in [6, 6.07) is 0. The molecule has 17 heavy (non-hydrogen) atoms. The summed E-state index contributed by atoms with van der Waals surface area (Å²) in [6.07, 6.45) is 9.44. The van der Waals surface area contributed by atoms with Crippen LogP contribution in [0.15, 0.2) is 0 Å². The smallest absolute Gasteiger partial charge is 0.212 e. The van der Waals surface area contributed by atoms with Gasteiger partial charge in [0.2, 0.25) is 10.0 Å². The maximum atomic E-state index is 11.5. The van der Waals surface area contributed by atoms with Crippen LogP contribution in [0.25, 0.3) is 0 Å². The second-order valence-corrected chi connectivity index (χ2v) is 7.61. The lowest BCUT2D eigenvalue weighted by Gasteiger charge is -2.13. The molecule has 102 valence electrons. The first-order chi connectivity index (χ1) is 8.17. The van der Waals surface area contributed by atoms with E-state index in [4.69, 9.17) is 0 Å². The predicted octanol–water partition coefficient (Wildman–Crippen LogP) is 3.15. The van der Waals surface area contributed by atoms with Gasteiger partial charge in [0.1, 0.15) is 0 Å². The molecule has 0 aromatic carbocycles. The van der Waals surface area contributed by atoms with E-state index in [1.807, 2.05) is 0 Å². The SMILES string of the molecule is O=S1(=O)CCCN1CCCCCCCCCBr. The Hall–Kier alpha value is 0.390. The van der Waals surface area contributed by atoms with Crippen molar-refractivity contribution < 1.29 is 8.42 Å². The number of alkyl halides is 1. The third kappa shape index (κ3) is 6.20. The van der Waals surface area contributed by atoms with Gasteiger partial charge >= 0.3 is 0 Å². The molecule has 0 aromatic rings. The fourth-order valence-electron chi connectivity index (χ4n) is 2.21. The number of rotatable bonds is 9. The van der Waals surface area contributed by atoms with Gasteiger partial charge in [-0.1, -0.05) is 48.0 Å². The quantitative estimate of drug-likeness (QED) is 0.482. The molecule has 0 unspecified atom stereocenters. The summed E-state index contributed by atoms with van der Waals surface area (Å²) < 4.78 is 24.7. The standard InChI is InChI=1S/C12H24BrNO2S/c13-9-6-4-2-1-3-5-7-10-14-11-8-12-17(14,15)16/h1-12H2. The summed E-state index contributed by atoms with van der Waals surface area (Å²) in [6.45, 7) is 1.48. The Morgan fingerprint density at radius 2 is 1.53 bits per heavy atom. The molecule has 1 rings (SSSR count). The van der Waals surface area contributed by atoms with Crippen molar-refractivity contribution in [2.75, 3.05) is 24.2 Å². The molecule has 1 aliphatic heterocycles. The molecule has 0 atom stereocenters. The van der Waals surface area contributed by atoms with E-state index in [9.17, 15) is 8.42 Å². The molecule has 1 fully saturated rings. The topological polar surface area (TPSA) is 37.4 Å². The van der Waals surface area contributed by atoms with Crippen molar-refractivity contribution in [2.24, 2.45) is 0 Å². The van der Waals surface area contributed by atoms with E-state index in [1.165, 1.54) is 38.5 Å². The summed E-state index contributed by atoms with van der Waals surface area (Å²) in [5, 5.41) is 1.11. The van der Waals surface area contributed by atoms with Gasteiger partial charge in [-0.3, -0.25) is 0 Å². The van der Waals surface area contributed by atoms with Crippen LogP contribution >= 0.6 is 15.9 Å². The van der Waals surface area contributed by atoms with Crippen molar-refractivity contribution in [1.82, 2.24) is 4.31 Å². The van der Waals surface area contributed by atoms with E-state index < -0.39 is 10.0 Å². The van der Waals surface area contributed by atoms with Crippen LogP contribution in [-0.2, 0) is 10.0 Å². The van der Waals surface area contributed by atoms with E-state index in [2.05, 4.69) is 15.9 Å². The van der Waals surface area contributed by atoms with Gasteiger partial charge in [0.15, 0.2) is 0 Å². The van der Waals surface area contributed by atoms with E-state index in [-0.39, 0.29) is 0 Å². The lowest BCUT2D eigenvalue weighted by atomic mass is 10.1. The van der Waals surface area contributed by atoms with Gasteiger partial charge in [0.05, 0.1) is 5.75 Å². The maximum Gasteiger partial charge on any atom is 0.214 e. The zero-order valence-electron chi connectivity index (χ0n) is 10.5. The van der Waals surface area contributed by atoms with Crippen molar-refractivity contribution in [3.63, 3.8) is 0 Å². The Morgan fingerprint density at radius 3 is 2.06 bits per heavy atom. The maximum absolute atomic E-state index is 11.5. The molecule has 0 spiro atoms. The molecule has 0 N–H and O–H groups in total. The monoisotopic (exact) mass is 325 g/mol. The van der Waals surface area contributed by atoms with Crippen LogP contribution in [0.3, 0.4) is 0 Å². The zero-order valence-corrected chi connectivity index (χ0v) is 12.9. The normalized spacial score (nSPS) is 19.8. The zero-order chi connectivity index (χ0) is 12.6. The van der Waals surface area contributed by atoms with Crippen molar-refractivity contribution >= 4 is 26.0 Å². The summed E-state index contributed by atoms with van der Waals surface area (Å²) in [5.74, 6) is 0.361. The van der Waals surface area contributed by atoms with Gasteiger partial charge in [0.25, 0.3) is 0 Å². The minimum atomic E-state index is -2.86. The van der Waals surface area contributed by atoms with Crippen LogP contribution in [0.1, 0.15) is 51.4 Å². The minimum absolute atomic E-state index is 0.361. The molecule has 5 heteroatoms. The molecular weight excluding hydrogens is 302 g/mol. The second-order valence-electron chi connectivity index (χ2n) is 4.73. The third-order valence-electron chi connectivity index (χ3n) is 3.24. The molecule has 0 aromatic heterocycles. The van der Waals surface area contributed by atoms with Crippen LogP contribution in [0, 0.1) is 0 Å². The highest BCUT2D eigenvalue weighted by molar-refractivity contribution is 9.09. The number of nitrogens with zero attached hydrogens (tertiary/aromatic N) is 1. The fraction of sp³-hybridized carbons (Fsp3) is 1.00. The molecule has 1 aliphatic rings. The number of hydrogen-bond acceptors (Lipinski definition) is 2. The first kappa shape index (κ1) is 15.4. The molecule has 0 bridgehead atoms. The number of sulfonamides is 1. The summed E-state index contributed by atoms with van der Waals surface area (Å²) in [5.41, 5.74) is 0. The van der Waals surface area contributed by atoms with Crippen LogP contribution in [0.5, 0.6) is 0 Å². The van der Waals surface area contributed by atoms with Crippen molar-refractivity contribution in [1.29, 1.82) is 0 Å². The fourth-order valence-corrected chi connectivity index (χ4v) is 4.17. The molecule has 3 nitrogen and oxygen atoms in total. The first-order valence-electron chi connectivity index (χ1n) is 6.70. The van der Waals surface area contributed by atoms with Gasteiger partial charge in [-0.25, -0.2) is 12.7 Å². The number of halogens is 1. The van der Waals surface area contributed by atoms with Crippen LogP contribution < -0.4 is 0 Å². The Morgan fingerprint density at radius 1 is 0.941 bits per heavy atom. The Bertz CT molecular complexity index is 293. The largest absolute Gasteiger partial charge is 0.214 e. The van der Waals surface area contributed by atoms with Gasteiger partial charge in [-0.05, 0) is 19.3 Å². The summed E-state index contributed by atoms with van der Waals surface area (Å²) in [7, 11) is -2.86. The van der Waals surface area contributed by atoms with E-state index in [0.29, 0.717) is 5.75 Å². The average molecular weight is 326 g/mol. The first-order valence-corrected chi connectivity index (χ1v) is 9.43. The Labute approximate surface area is 114 Å². The summed E-state index contributed by atoms with van der Waals surface area (Å²) >= 11 is 3.43. The van der Waals surface area contributed by atoms with Crippen molar-refractivity contribution in [2.45, 2.75) is 51.4 Å². The second kappa shape index (κ2) is 8.48. The summed E-state index contributed by atoms with van der Waals surface area (Å²) in [4.78, 5) is 0. The highest BCUT2D eigenvalue weighted by Crippen LogP contribution is 2.15. The van der Waals surface area contributed by atoms with Crippen molar-refractivity contribution in [3.05, 3.63) is 0 Å². The van der Waals surface area contributed by atoms with Crippen LogP contribution in [0.2, 0.25) is 0 Å². The van der Waals surface area contributed by atoms with Gasteiger partial charge in [-0.15, -0.1) is 0 Å². The lowest BCUT2D eigenvalue weighted by molar-refractivity contribution is 0.424. The molecule has 1 heterocycles. The lowest BCUT2D eigenvalue weighted by Crippen LogP contribution is -2.26. The number of unbranched alkanes of at least 4 members (excludes halogenated alkanes) is 6. The highest BCUT2D eigenvalue weighted by atomic mass is 79.9. The molecule has 0 saturated carbocycles. The molecule has 1 saturated heterocycles. The third-order valence-corrected chi connectivity index (χ3v) is 5.76. The Kier molecular flexibility index (Phi) is 7.71. The number of hydrogen-bond donors (Lipinski definition) is 0. The molecular formula is C12H24BrNO2S. The van der Waals surface area contributed by atoms with E-state index in [1.54, 1.807) is 4.31 Å². The predicted molar refractivity (Wildman–Crippen MR) is 76.1 cm³/mol. The van der Waals surface area contributed by atoms with E-state index >= 15 is 0 Å². The highest BCUT2D eigenvalue weighted by Gasteiger charge is 2.26. The van der Waals surface area contributed by atoms with Gasteiger partial charge in [-0.2, -0.15) is 0 Å². The molecule has 0 radical (unpaired) electrons. The minimum Gasteiger partial charge on any atom is -0.212 e. The molecule has 0 amide bonds. The Balaban J connectivity index is 1.94. The van der Waals surface area contributed by atoms with Gasteiger partial charge in [0, 0.05) is 18.4 Å².